The molecule has 1 aromatic rings. The molecule has 0 aromatic heterocycles. The Bertz CT molecular complexity index is 331. The SMILES string of the molecule is CSc1ccc(C(CC2CCCC2)NN)cc1. The first-order valence-electron chi connectivity index (χ1n) is 6.43. The van der Waals surface area contributed by atoms with E-state index in [2.05, 4.69) is 35.9 Å². The molecule has 0 aliphatic heterocycles. The summed E-state index contributed by atoms with van der Waals surface area (Å²) in [5.74, 6) is 6.56. The van der Waals surface area contributed by atoms with E-state index < -0.39 is 0 Å². The van der Waals surface area contributed by atoms with Gasteiger partial charge in [0.05, 0.1) is 0 Å². The molecule has 1 fully saturated rings. The van der Waals surface area contributed by atoms with Gasteiger partial charge in [-0.1, -0.05) is 37.8 Å². The van der Waals surface area contributed by atoms with E-state index in [0.717, 1.165) is 5.92 Å². The number of nitrogens with two attached hydrogens (primary N) is 1. The van der Waals surface area contributed by atoms with Gasteiger partial charge in [0.2, 0.25) is 0 Å². The largest absolute Gasteiger partial charge is 0.271 e. The first kappa shape index (κ1) is 12.9. The summed E-state index contributed by atoms with van der Waals surface area (Å²) in [7, 11) is 0. The molecule has 1 aromatic carbocycles. The Balaban J connectivity index is 2.00. The first-order chi connectivity index (χ1) is 8.33. The summed E-state index contributed by atoms with van der Waals surface area (Å²) >= 11 is 1.78. The van der Waals surface area contributed by atoms with E-state index in [0.29, 0.717) is 6.04 Å². The van der Waals surface area contributed by atoms with Crippen LogP contribution < -0.4 is 11.3 Å². The number of hydrogen-bond acceptors (Lipinski definition) is 3. The summed E-state index contributed by atoms with van der Waals surface area (Å²) in [5.41, 5.74) is 4.29. The fourth-order valence-electron chi connectivity index (χ4n) is 2.72. The van der Waals surface area contributed by atoms with Crippen molar-refractivity contribution >= 4 is 11.8 Å². The van der Waals surface area contributed by atoms with Gasteiger partial charge in [0.25, 0.3) is 0 Å². The molecule has 2 rings (SSSR count). The predicted molar refractivity (Wildman–Crippen MR) is 74.9 cm³/mol. The van der Waals surface area contributed by atoms with Crippen LogP contribution in [0.3, 0.4) is 0 Å². The predicted octanol–water partition coefficient (Wildman–Crippen LogP) is 3.49. The van der Waals surface area contributed by atoms with Gasteiger partial charge in [-0.25, -0.2) is 0 Å². The Labute approximate surface area is 108 Å². The molecule has 0 radical (unpaired) electrons. The lowest BCUT2D eigenvalue weighted by Gasteiger charge is -2.20. The summed E-state index contributed by atoms with van der Waals surface area (Å²) in [5, 5.41) is 0. The molecule has 0 amide bonds. The lowest BCUT2D eigenvalue weighted by atomic mass is 9.94. The van der Waals surface area contributed by atoms with Crippen molar-refractivity contribution in [2.75, 3.05) is 6.26 Å². The van der Waals surface area contributed by atoms with Gasteiger partial charge in [-0.15, -0.1) is 11.8 Å². The standard InChI is InChI=1S/C14H22N2S/c1-17-13-8-6-12(7-9-13)14(16-15)10-11-4-2-3-5-11/h6-9,11,14,16H,2-5,10,15H2,1H3. The van der Waals surface area contributed by atoms with Crippen LogP contribution in [0.25, 0.3) is 0 Å². The molecule has 0 heterocycles. The molecule has 1 aliphatic carbocycles. The number of rotatable bonds is 5. The number of thioether (sulfide) groups is 1. The average Bonchev–Trinajstić information content (AvgIpc) is 2.89. The second-order valence-electron chi connectivity index (χ2n) is 4.88. The van der Waals surface area contributed by atoms with Crippen molar-refractivity contribution in [3.05, 3.63) is 29.8 Å². The second kappa shape index (κ2) is 6.43. The maximum Gasteiger partial charge on any atom is 0.0462 e. The van der Waals surface area contributed by atoms with E-state index in [4.69, 9.17) is 5.84 Å². The lowest BCUT2D eigenvalue weighted by Crippen LogP contribution is -2.29. The molecule has 1 aliphatic rings. The summed E-state index contributed by atoms with van der Waals surface area (Å²) in [6, 6.07) is 9.07. The van der Waals surface area contributed by atoms with Gasteiger partial charge in [0.15, 0.2) is 0 Å². The van der Waals surface area contributed by atoms with Crippen LogP contribution in [0.1, 0.15) is 43.7 Å². The van der Waals surface area contributed by atoms with E-state index in [1.54, 1.807) is 11.8 Å². The molecular weight excluding hydrogens is 228 g/mol. The molecular formula is C14H22N2S. The van der Waals surface area contributed by atoms with Gasteiger partial charge in [-0.2, -0.15) is 0 Å². The molecule has 1 atom stereocenters. The topological polar surface area (TPSA) is 38.0 Å². The Kier molecular flexibility index (Phi) is 4.89. The summed E-state index contributed by atoms with van der Waals surface area (Å²) in [6.45, 7) is 0. The van der Waals surface area contributed by atoms with E-state index in [1.807, 2.05) is 0 Å². The first-order valence-corrected chi connectivity index (χ1v) is 7.66. The molecule has 0 bridgehead atoms. The fraction of sp³-hybridized carbons (Fsp3) is 0.571. The molecule has 1 unspecified atom stereocenters. The second-order valence-corrected chi connectivity index (χ2v) is 5.76. The zero-order valence-corrected chi connectivity index (χ0v) is 11.3. The smallest absolute Gasteiger partial charge is 0.0462 e. The normalized spacial score (nSPS) is 18.5. The summed E-state index contributed by atoms with van der Waals surface area (Å²) in [4.78, 5) is 1.31. The lowest BCUT2D eigenvalue weighted by molar-refractivity contribution is 0.400. The van der Waals surface area contributed by atoms with Crippen molar-refractivity contribution in [2.24, 2.45) is 11.8 Å². The monoisotopic (exact) mass is 250 g/mol. The van der Waals surface area contributed by atoms with Crippen LogP contribution in [0.15, 0.2) is 29.2 Å². The van der Waals surface area contributed by atoms with Gasteiger partial charge in [0.1, 0.15) is 0 Å². The van der Waals surface area contributed by atoms with Gasteiger partial charge >= 0.3 is 0 Å². The van der Waals surface area contributed by atoms with Crippen LogP contribution >= 0.6 is 11.8 Å². The molecule has 17 heavy (non-hydrogen) atoms. The Hall–Kier alpha value is -0.510. The summed E-state index contributed by atoms with van der Waals surface area (Å²) in [6.07, 6.45) is 8.82. The zero-order chi connectivity index (χ0) is 12.1. The Morgan fingerprint density at radius 2 is 1.94 bits per heavy atom. The molecule has 0 saturated heterocycles. The van der Waals surface area contributed by atoms with Crippen LogP contribution in [0.2, 0.25) is 0 Å². The minimum atomic E-state index is 0.314. The minimum absolute atomic E-state index is 0.314. The third-order valence-electron chi connectivity index (χ3n) is 3.76. The van der Waals surface area contributed by atoms with Gasteiger partial charge in [-0.3, -0.25) is 11.3 Å². The van der Waals surface area contributed by atoms with Crippen molar-refractivity contribution in [3.63, 3.8) is 0 Å². The highest BCUT2D eigenvalue weighted by Crippen LogP contribution is 2.33. The van der Waals surface area contributed by atoms with Crippen LogP contribution in [0.5, 0.6) is 0 Å². The van der Waals surface area contributed by atoms with Crippen molar-refractivity contribution in [1.29, 1.82) is 0 Å². The number of nitrogens with one attached hydrogen (secondary N) is 1. The Morgan fingerprint density at radius 1 is 1.29 bits per heavy atom. The van der Waals surface area contributed by atoms with Crippen LogP contribution in [-0.2, 0) is 0 Å². The molecule has 1 saturated carbocycles. The third-order valence-corrected chi connectivity index (χ3v) is 4.51. The maximum absolute atomic E-state index is 5.70. The van der Waals surface area contributed by atoms with Gasteiger partial charge < -0.3 is 0 Å². The van der Waals surface area contributed by atoms with Crippen LogP contribution in [-0.4, -0.2) is 6.26 Å². The number of benzene rings is 1. The Morgan fingerprint density at radius 3 is 2.47 bits per heavy atom. The molecule has 3 N–H and O–H groups in total. The highest BCUT2D eigenvalue weighted by Gasteiger charge is 2.20. The molecule has 2 nitrogen and oxygen atoms in total. The molecule has 3 heteroatoms. The highest BCUT2D eigenvalue weighted by molar-refractivity contribution is 7.98. The number of hydrazine groups is 1. The van der Waals surface area contributed by atoms with Crippen LogP contribution in [0, 0.1) is 5.92 Å². The molecule has 0 spiro atoms. The third kappa shape index (κ3) is 3.47. The summed E-state index contributed by atoms with van der Waals surface area (Å²) < 4.78 is 0. The van der Waals surface area contributed by atoms with Crippen molar-refractivity contribution < 1.29 is 0 Å². The van der Waals surface area contributed by atoms with Crippen molar-refractivity contribution in [3.8, 4) is 0 Å². The van der Waals surface area contributed by atoms with E-state index in [1.165, 1.54) is 42.6 Å². The van der Waals surface area contributed by atoms with Gasteiger partial charge in [-0.05, 0) is 36.3 Å². The van der Waals surface area contributed by atoms with E-state index in [9.17, 15) is 0 Å². The fourth-order valence-corrected chi connectivity index (χ4v) is 3.12. The van der Waals surface area contributed by atoms with E-state index in [-0.39, 0.29) is 0 Å². The van der Waals surface area contributed by atoms with Crippen molar-refractivity contribution in [1.82, 2.24) is 5.43 Å². The average molecular weight is 250 g/mol. The number of hydrogen-bond donors (Lipinski definition) is 2. The van der Waals surface area contributed by atoms with Crippen LogP contribution in [0.4, 0.5) is 0 Å². The zero-order valence-electron chi connectivity index (χ0n) is 10.5. The minimum Gasteiger partial charge on any atom is -0.271 e. The van der Waals surface area contributed by atoms with Gasteiger partial charge in [0, 0.05) is 10.9 Å². The van der Waals surface area contributed by atoms with Crippen molar-refractivity contribution in [2.45, 2.75) is 43.0 Å². The quantitative estimate of drug-likeness (QED) is 0.477. The highest BCUT2D eigenvalue weighted by atomic mass is 32.2. The maximum atomic E-state index is 5.70. The van der Waals surface area contributed by atoms with E-state index >= 15 is 0 Å². The molecule has 94 valence electrons.